The molecule has 0 fully saturated rings. The van der Waals surface area contributed by atoms with Crippen molar-refractivity contribution in [1.82, 2.24) is 0 Å². The molecule has 0 aromatic heterocycles. The van der Waals surface area contributed by atoms with Crippen LogP contribution in [0.25, 0.3) is 6.08 Å². The minimum absolute atomic E-state index is 0.0145. The number of hydrogen-bond donors (Lipinski definition) is 1. The van der Waals surface area contributed by atoms with Gasteiger partial charge in [-0.2, -0.15) is 13.2 Å². The van der Waals surface area contributed by atoms with Crippen molar-refractivity contribution in [1.29, 1.82) is 0 Å². The third-order valence-corrected chi connectivity index (χ3v) is 1.93. The number of halogens is 3. The van der Waals surface area contributed by atoms with Gasteiger partial charge in [0.2, 0.25) is 0 Å². The maximum Gasteiger partial charge on any atom is 0.416 e. The van der Waals surface area contributed by atoms with Crippen LogP contribution in [0.15, 0.2) is 29.8 Å². The lowest BCUT2D eigenvalue weighted by atomic mass is 10.1. The van der Waals surface area contributed by atoms with Gasteiger partial charge in [0.05, 0.1) is 5.56 Å². The molecule has 1 N–H and O–H groups in total. The zero-order valence-electron chi connectivity index (χ0n) is 8.38. The summed E-state index contributed by atoms with van der Waals surface area (Å²) >= 11 is 0. The first-order chi connectivity index (χ1) is 7.30. The SMILES string of the molecule is CC(=Cc1cccc(C(F)(F)F)c1)C(=O)O. The minimum Gasteiger partial charge on any atom is -0.478 e. The zero-order valence-corrected chi connectivity index (χ0v) is 8.38. The molecule has 0 aliphatic carbocycles. The molecule has 0 aliphatic rings. The molecular weight excluding hydrogens is 221 g/mol. The van der Waals surface area contributed by atoms with Crippen LogP contribution >= 0.6 is 0 Å². The summed E-state index contributed by atoms with van der Waals surface area (Å²) in [4.78, 5) is 10.5. The molecular formula is C11H9F3O2. The summed E-state index contributed by atoms with van der Waals surface area (Å²) in [5, 5.41) is 8.58. The Hall–Kier alpha value is -1.78. The summed E-state index contributed by atoms with van der Waals surface area (Å²) in [5.41, 5.74) is -0.589. The number of rotatable bonds is 2. The Kier molecular flexibility index (Phi) is 3.37. The first kappa shape index (κ1) is 12.3. The van der Waals surface area contributed by atoms with Crippen LogP contribution in [-0.2, 0) is 11.0 Å². The third kappa shape index (κ3) is 3.12. The number of hydrogen-bond acceptors (Lipinski definition) is 1. The van der Waals surface area contributed by atoms with E-state index in [1.165, 1.54) is 25.1 Å². The predicted octanol–water partition coefficient (Wildman–Crippen LogP) is 3.19. The van der Waals surface area contributed by atoms with Gasteiger partial charge >= 0.3 is 12.1 Å². The smallest absolute Gasteiger partial charge is 0.416 e. The molecule has 0 amide bonds. The van der Waals surface area contributed by atoms with Crippen molar-refractivity contribution in [2.24, 2.45) is 0 Å². The maximum absolute atomic E-state index is 12.3. The summed E-state index contributed by atoms with van der Waals surface area (Å²) in [6.45, 7) is 1.32. The highest BCUT2D eigenvalue weighted by molar-refractivity contribution is 5.91. The van der Waals surface area contributed by atoms with Crippen LogP contribution in [0.5, 0.6) is 0 Å². The third-order valence-electron chi connectivity index (χ3n) is 1.93. The standard InChI is InChI=1S/C11H9F3O2/c1-7(10(15)16)5-8-3-2-4-9(6-8)11(12,13)14/h2-6H,1H3,(H,15,16). The van der Waals surface area contributed by atoms with Crippen LogP contribution in [0, 0.1) is 0 Å². The van der Waals surface area contributed by atoms with E-state index in [2.05, 4.69) is 0 Å². The lowest BCUT2D eigenvalue weighted by Crippen LogP contribution is -2.04. The van der Waals surface area contributed by atoms with Crippen molar-refractivity contribution in [2.75, 3.05) is 0 Å². The first-order valence-corrected chi connectivity index (χ1v) is 4.39. The Morgan fingerprint density at radius 1 is 1.38 bits per heavy atom. The first-order valence-electron chi connectivity index (χ1n) is 4.39. The Balaban J connectivity index is 3.09. The molecule has 0 saturated heterocycles. The molecule has 0 heterocycles. The van der Waals surface area contributed by atoms with Crippen molar-refractivity contribution in [3.8, 4) is 0 Å². The van der Waals surface area contributed by atoms with E-state index < -0.39 is 17.7 Å². The Labute approximate surface area is 90.0 Å². The van der Waals surface area contributed by atoms with E-state index in [0.29, 0.717) is 0 Å². The molecule has 0 spiro atoms. The molecule has 0 radical (unpaired) electrons. The largest absolute Gasteiger partial charge is 0.478 e. The number of carboxylic acid groups (broad SMARTS) is 1. The van der Waals surface area contributed by atoms with Gasteiger partial charge in [0.15, 0.2) is 0 Å². The summed E-state index contributed by atoms with van der Waals surface area (Å²) in [5.74, 6) is -1.16. The molecule has 2 nitrogen and oxygen atoms in total. The van der Waals surface area contributed by atoms with Crippen molar-refractivity contribution in [2.45, 2.75) is 13.1 Å². The van der Waals surface area contributed by atoms with Crippen molar-refractivity contribution >= 4 is 12.0 Å². The monoisotopic (exact) mass is 230 g/mol. The summed E-state index contributed by atoms with van der Waals surface area (Å²) in [7, 11) is 0. The van der Waals surface area contributed by atoms with E-state index >= 15 is 0 Å². The van der Waals surface area contributed by atoms with Gasteiger partial charge in [-0.3, -0.25) is 0 Å². The van der Waals surface area contributed by atoms with Crippen LogP contribution in [0.3, 0.4) is 0 Å². The van der Waals surface area contributed by atoms with Gasteiger partial charge in [-0.15, -0.1) is 0 Å². The van der Waals surface area contributed by atoms with Gasteiger partial charge in [0, 0.05) is 5.57 Å². The molecule has 16 heavy (non-hydrogen) atoms. The van der Waals surface area contributed by atoms with Crippen LogP contribution in [0.2, 0.25) is 0 Å². The normalized spacial score (nSPS) is 12.6. The van der Waals surface area contributed by atoms with E-state index in [0.717, 1.165) is 12.1 Å². The maximum atomic E-state index is 12.3. The van der Waals surface area contributed by atoms with Crippen LogP contribution in [-0.4, -0.2) is 11.1 Å². The summed E-state index contributed by atoms with van der Waals surface area (Å²) in [6.07, 6.45) is -3.22. The highest BCUT2D eigenvalue weighted by atomic mass is 19.4. The highest BCUT2D eigenvalue weighted by Gasteiger charge is 2.30. The van der Waals surface area contributed by atoms with E-state index in [1.807, 2.05) is 0 Å². The van der Waals surface area contributed by atoms with Crippen LogP contribution < -0.4 is 0 Å². The van der Waals surface area contributed by atoms with Gasteiger partial charge in [0.25, 0.3) is 0 Å². The van der Waals surface area contributed by atoms with Crippen LogP contribution in [0.4, 0.5) is 13.2 Å². The van der Waals surface area contributed by atoms with Crippen molar-refractivity contribution in [3.05, 3.63) is 41.0 Å². The molecule has 0 aliphatic heterocycles. The van der Waals surface area contributed by atoms with Crippen LogP contribution in [0.1, 0.15) is 18.1 Å². The number of alkyl halides is 3. The number of carbonyl (C=O) groups is 1. The summed E-state index contributed by atoms with van der Waals surface area (Å²) in [6, 6.07) is 4.51. The molecule has 1 aromatic carbocycles. The van der Waals surface area contributed by atoms with Crippen molar-refractivity contribution in [3.63, 3.8) is 0 Å². The Morgan fingerprint density at radius 3 is 2.50 bits per heavy atom. The fourth-order valence-electron chi connectivity index (χ4n) is 1.12. The molecule has 0 bridgehead atoms. The number of carboxylic acids is 1. The Morgan fingerprint density at radius 2 is 2.00 bits per heavy atom. The van der Waals surface area contributed by atoms with Gasteiger partial charge in [-0.25, -0.2) is 4.79 Å². The number of aliphatic carboxylic acids is 1. The van der Waals surface area contributed by atoms with E-state index in [9.17, 15) is 18.0 Å². The van der Waals surface area contributed by atoms with Crippen molar-refractivity contribution < 1.29 is 23.1 Å². The predicted molar refractivity (Wildman–Crippen MR) is 52.7 cm³/mol. The minimum atomic E-state index is -4.42. The molecule has 0 atom stereocenters. The second-order valence-electron chi connectivity index (χ2n) is 3.26. The fourth-order valence-corrected chi connectivity index (χ4v) is 1.12. The fraction of sp³-hybridized carbons (Fsp3) is 0.182. The zero-order chi connectivity index (χ0) is 12.3. The second-order valence-corrected chi connectivity index (χ2v) is 3.26. The van der Waals surface area contributed by atoms with Gasteiger partial charge in [0.1, 0.15) is 0 Å². The average molecular weight is 230 g/mol. The van der Waals surface area contributed by atoms with E-state index in [1.54, 1.807) is 0 Å². The quantitative estimate of drug-likeness (QED) is 0.792. The number of benzene rings is 1. The topological polar surface area (TPSA) is 37.3 Å². The lowest BCUT2D eigenvalue weighted by molar-refractivity contribution is -0.137. The second kappa shape index (κ2) is 4.38. The molecule has 86 valence electrons. The highest BCUT2D eigenvalue weighted by Crippen LogP contribution is 2.29. The molecule has 1 aromatic rings. The molecule has 0 saturated carbocycles. The molecule has 0 unspecified atom stereocenters. The van der Waals surface area contributed by atoms with Gasteiger partial charge in [-0.05, 0) is 30.7 Å². The Bertz CT molecular complexity index is 433. The lowest BCUT2D eigenvalue weighted by Gasteiger charge is -2.06. The van der Waals surface area contributed by atoms with Gasteiger partial charge in [-0.1, -0.05) is 12.1 Å². The molecule has 5 heteroatoms. The molecule has 1 rings (SSSR count). The summed E-state index contributed by atoms with van der Waals surface area (Å²) < 4.78 is 37.0. The van der Waals surface area contributed by atoms with Gasteiger partial charge < -0.3 is 5.11 Å². The van der Waals surface area contributed by atoms with E-state index in [-0.39, 0.29) is 11.1 Å². The average Bonchev–Trinajstić information content (AvgIpc) is 2.16. The van der Waals surface area contributed by atoms with E-state index in [4.69, 9.17) is 5.11 Å².